The first-order valence-electron chi connectivity index (χ1n) is 11.7. The van der Waals surface area contributed by atoms with Gasteiger partial charge >= 0.3 is 5.97 Å². The van der Waals surface area contributed by atoms with Crippen LogP contribution >= 0.6 is 0 Å². The van der Waals surface area contributed by atoms with E-state index in [0.29, 0.717) is 31.6 Å². The summed E-state index contributed by atoms with van der Waals surface area (Å²) in [5.41, 5.74) is 2.93. The summed E-state index contributed by atoms with van der Waals surface area (Å²) >= 11 is 0. The van der Waals surface area contributed by atoms with Crippen LogP contribution in [0.3, 0.4) is 0 Å². The van der Waals surface area contributed by atoms with E-state index in [2.05, 4.69) is 28.9 Å². The van der Waals surface area contributed by atoms with Crippen LogP contribution in [0.2, 0.25) is 0 Å². The second kappa shape index (κ2) is 9.65. The van der Waals surface area contributed by atoms with Crippen LogP contribution < -0.4 is 5.32 Å². The molecule has 1 aliphatic rings. The quantitative estimate of drug-likeness (QED) is 0.568. The summed E-state index contributed by atoms with van der Waals surface area (Å²) in [5.74, 6) is -1.15. The van der Waals surface area contributed by atoms with E-state index in [0.717, 1.165) is 34.8 Å². The normalized spacial score (nSPS) is 17.2. The third-order valence-electron chi connectivity index (χ3n) is 6.43. The van der Waals surface area contributed by atoms with Gasteiger partial charge in [-0.25, -0.2) is 0 Å². The van der Waals surface area contributed by atoms with Crippen molar-refractivity contribution in [2.75, 3.05) is 18.4 Å². The van der Waals surface area contributed by atoms with Crippen molar-refractivity contribution < 1.29 is 19.1 Å². The molecule has 0 saturated carbocycles. The predicted molar refractivity (Wildman–Crippen MR) is 129 cm³/mol. The van der Waals surface area contributed by atoms with Crippen molar-refractivity contribution in [3.05, 3.63) is 42.5 Å². The summed E-state index contributed by atoms with van der Waals surface area (Å²) in [4.78, 5) is 39.1. The molecule has 33 heavy (non-hydrogen) atoms. The number of nitrogens with one attached hydrogen (secondary N) is 1. The Morgan fingerprint density at radius 1 is 1.09 bits per heavy atom. The first-order valence-corrected chi connectivity index (χ1v) is 11.7. The average Bonchev–Trinajstić information content (AvgIpc) is 3.16. The molecule has 1 saturated heterocycles. The predicted octanol–water partition coefficient (Wildman–Crippen LogP) is 4.33. The maximum atomic E-state index is 12.8. The highest BCUT2D eigenvalue weighted by Gasteiger charge is 2.31. The fourth-order valence-electron chi connectivity index (χ4n) is 4.66. The number of carbonyl (C=O) groups is 3. The number of piperidine rings is 1. The third kappa shape index (κ3) is 4.58. The number of esters is 1. The molecule has 0 aliphatic carbocycles. The Balaban J connectivity index is 1.44. The van der Waals surface area contributed by atoms with Gasteiger partial charge in [-0.3, -0.25) is 14.4 Å². The number of para-hydroxylation sites is 1. The summed E-state index contributed by atoms with van der Waals surface area (Å²) in [7, 11) is 0. The van der Waals surface area contributed by atoms with E-state index < -0.39 is 12.1 Å². The van der Waals surface area contributed by atoms with Gasteiger partial charge < -0.3 is 19.5 Å². The molecule has 0 spiro atoms. The Labute approximate surface area is 193 Å². The van der Waals surface area contributed by atoms with Crippen LogP contribution in [0.15, 0.2) is 42.5 Å². The summed E-state index contributed by atoms with van der Waals surface area (Å²) in [5, 5.41) is 5.08. The van der Waals surface area contributed by atoms with E-state index in [-0.39, 0.29) is 17.7 Å². The topological polar surface area (TPSA) is 80.6 Å². The molecule has 4 rings (SSSR count). The number of hydrogen-bond acceptors (Lipinski definition) is 4. The van der Waals surface area contributed by atoms with Gasteiger partial charge in [-0.2, -0.15) is 0 Å². The van der Waals surface area contributed by atoms with Crippen LogP contribution in [-0.2, 0) is 25.7 Å². The van der Waals surface area contributed by atoms with E-state index >= 15 is 0 Å². The summed E-state index contributed by atoms with van der Waals surface area (Å²) in [6, 6.07) is 14.0. The molecule has 1 aromatic heterocycles. The number of amides is 2. The zero-order valence-electron chi connectivity index (χ0n) is 19.5. The number of likely N-dealkylation sites (tertiary alicyclic amines) is 1. The minimum atomic E-state index is -0.928. The van der Waals surface area contributed by atoms with E-state index in [1.54, 1.807) is 11.8 Å². The number of anilines is 1. The summed E-state index contributed by atoms with van der Waals surface area (Å²) < 4.78 is 7.72. The third-order valence-corrected chi connectivity index (χ3v) is 6.43. The number of aryl methyl sites for hydroxylation is 1. The Kier molecular flexibility index (Phi) is 6.67. The van der Waals surface area contributed by atoms with Crippen LogP contribution in [0.5, 0.6) is 0 Å². The van der Waals surface area contributed by atoms with Gasteiger partial charge in [-0.1, -0.05) is 25.1 Å². The minimum Gasteiger partial charge on any atom is -0.452 e. The zero-order chi connectivity index (χ0) is 23.5. The van der Waals surface area contributed by atoms with Gasteiger partial charge in [0.1, 0.15) is 0 Å². The van der Waals surface area contributed by atoms with Crippen molar-refractivity contribution in [3.8, 4) is 0 Å². The molecule has 1 aliphatic heterocycles. The molecule has 1 N–H and O–H groups in total. The van der Waals surface area contributed by atoms with Gasteiger partial charge in [-0.05, 0) is 51.0 Å². The fourth-order valence-corrected chi connectivity index (χ4v) is 4.66. The first-order chi connectivity index (χ1) is 15.9. The molecule has 7 nitrogen and oxygen atoms in total. The van der Waals surface area contributed by atoms with E-state index in [1.807, 2.05) is 37.3 Å². The molecule has 0 bridgehead atoms. The number of nitrogens with zero attached hydrogens (tertiary/aromatic N) is 2. The van der Waals surface area contributed by atoms with Crippen LogP contribution in [0.1, 0.15) is 40.0 Å². The maximum absolute atomic E-state index is 12.8. The molecule has 0 radical (unpaired) electrons. The van der Waals surface area contributed by atoms with Crippen molar-refractivity contribution in [3.63, 3.8) is 0 Å². The van der Waals surface area contributed by atoms with Crippen LogP contribution in [0, 0.1) is 5.92 Å². The maximum Gasteiger partial charge on any atom is 0.311 e. The lowest BCUT2D eigenvalue weighted by Gasteiger charge is -2.31. The number of hydrogen-bond donors (Lipinski definition) is 1. The smallest absolute Gasteiger partial charge is 0.311 e. The molecule has 7 heteroatoms. The van der Waals surface area contributed by atoms with E-state index in [9.17, 15) is 14.4 Å². The number of aromatic nitrogens is 1. The van der Waals surface area contributed by atoms with Gasteiger partial charge in [0, 0.05) is 53.5 Å². The van der Waals surface area contributed by atoms with Crippen LogP contribution in [0.25, 0.3) is 21.8 Å². The van der Waals surface area contributed by atoms with Crippen LogP contribution in [-0.4, -0.2) is 46.4 Å². The van der Waals surface area contributed by atoms with Crippen molar-refractivity contribution in [1.82, 2.24) is 9.47 Å². The van der Waals surface area contributed by atoms with E-state index in [1.165, 1.54) is 0 Å². The number of ether oxygens (including phenoxy) is 1. The average molecular weight is 450 g/mol. The number of rotatable bonds is 6. The van der Waals surface area contributed by atoms with Gasteiger partial charge in [0.15, 0.2) is 6.10 Å². The zero-order valence-corrected chi connectivity index (χ0v) is 19.5. The SMILES string of the molecule is CCC(=O)N1CCCC(C(=O)OC(C)C(=O)Nc2ccc3c(c2)c2ccccc2n3CC)C1. The Morgan fingerprint density at radius 3 is 2.61 bits per heavy atom. The highest BCUT2D eigenvalue weighted by Crippen LogP contribution is 2.31. The lowest BCUT2D eigenvalue weighted by Crippen LogP contribution is -2.43. The summed E-state index contributed by atoms with van der Waals surface area (Å²) in [6.07, 6.45) is 0.917. The van der Waals surface area contributed by atoms with Crippen molar-refractivity contribution in [2.45, 2.75) is 52.7 Å². The second-order valence-corrected chi connectivity index (χ2v) is 8.59. The van der Waals surface area contributed by atoms with Crippen LogP contribution in [0.4, 0.5) is 5.69 Å². The highest BCUT2D eigenvalue weighted by atomic mass is 16.5. The molecule has 1 fully saturated rings. The Bertz CT molecular complexity index is 1200. The molecular weight excluding hydrogens is 418 g/mol. The molecule has 2 unspecified atom stereocenters. The number of carbonyl (C=O) groups excluding carboxylic acids is 3. The monoisotopic (exact) mass is 449 g/mol. The fraction of sp³-hybridized carbons (Fsp3) is 0.423. The molecular formula is C26H31N3O4. The molecule has 2 amide bonds. The summed E-state index contributed by atoms with van der Waals surface area (Å²) in [6.45, 7) is 7.38. The van der Waals surface area contributed by atoms with Crippen molar-refractivity contribution in [1.29, 1.82) is 0 Å². The largest absolute Gasteiger partial charge is 0.452 e. The van der Waals surface area contributed by atoms with Gasteiger partial charge in [0.2, 0.25) is 5.91 Å². The molecule has 2 atom stereocenters. The first kappa shape index (κ1) is 22.8. The lowest BCUT2D eigenvalue weighted by molar-refractivity contribution is -0.159. The number of fused-ring (bicyclic) bond motifs is 3. The molecule has 3 aromatic rings. The minimum absolute atomic E-state index is 0.0399. The van der Waals surface area contributed by atoms with Gasteiger partial charge in [0.05, 0.1) is 5.92 Å². The van der Waals surface area contributed by atoms with Crippen molar-refractivity contribution >= 4 is 45.3 Å². The highest BCUT2D eigenvalue weighted by molar-refractivity contribution is 6.10. The van der Waals surface area contributed by atoms with Gasteiger partial charge in [0.25, 0.3) is 5.91 Å². The molecule has 2 aromatic carbocycles. The van der Waals surface area contributed by atoms with Gasteiger partial charge in [-0.15, -0.1) is 0 Å². The van der Waals surface area contributed by atoms with Crippen molar-refractivity contribution in [2.24, 2.45) is 5.92 Å². The molecule has 174 valence electrons. The van der Waals surface area contributed by atoms with E-state index in [4.69, 9.17) is 4.74 Å². The lowest BCUT2D eigenvalue weighted by atomic mass is 9.98. The standard InChI is InChI=1S/C26H31N3O4/c1-4-24(30)28-14-8-9-18(16-28)26(32)33-17(3)25(31)27-19-12-13-23-21(15-19)20-10-6-7-11-22(20)29(23)5-2/h6-7,10-13,15,17-18H,4-5,8-9,14,16H2,1-3H3,(H,27,31). The second-order valence-electron chi connectivity index (χ2n) is 8.59. The number of benzene rings is 2. The Hall–Kier alpha value is -3.35. The molecule has 2 heterocycles. The Morgan fingerprint density at radius 2 is 1.85 bits per heavy atom.